The van der Waals surface area contributed by atoms with E-state index in [-0.39, 0.29) is 17.4 Å². The Kier molecular flexibility index (Phi) is 4.21. The molecule has 1 fully saturated rings. The van der Waals surface area contributed by atoms with Crippen molar-refractivity contribution in [3.05, 3.63) is 32.6 Å². The Morgan fingerprint density at radius 2 is 1.89 bits per heavy atom. The summed E-state index contributed by atoms with van der Waals surface area (Å²) in [4.78, 5) is 23.5. The van der Waals surface area contributed by atoms with Gasteiger partial charge in [-0.05, 0) is 25.7 Å². The van der Waals surface area contributed by atoms with Crippen LogP contribution >= 0.6 is 0 Å². The van der Waals surface area contributed by atoms with Gasteiger partial charge < -0.3 is 15.0 Å². The van der Waals surface area contributed by atoms with Crippen LogP contribution in [0.4, 0.5) is 0 Å². The molecule has 0 saturated heterocycles. The molecule has 0 atom stereocenters. The quantitative estimate of drug-likeness (QED) is 0.772. The first-order chi connectivity index (χ1) is 8.99. The number of hydrogen-bond acceptors (Lipinski definition) is 4. The number of aliphatic hydroxyl groups is 1. The van der Waals surface area contributed by atoms with Crippen LogP contribution in [0.3, 0.4) is 0 Å². The molecule has 6 heteroatoms. The highest BCUT2D eigenvalue weighted by Crippen LogP contribution is 2.18. The predicted octanol–water partition coefficient (Wildman–Crippen LogP) is -0.523. The van der Waals surface area contributed by atoms with E-state index in [2.05, 4.69) is 5.32 Å². The maximum Gasteiger partial charge on any atom is 0.330 e. The van der Waals surface area contributed by atoms with E-state index in [1.54, 1.807) is 13.2 Å². The molecule has 6 nitrogen and oxygen atoms in total. The van der Waals surface area contributed by atoms with Crippen LogP contribution in [0, 0.1) is 0 Å². The van der Waals surface area contributed by atoms with Gasteiger partial charge in [-0.15, -0.1) is 0 Å². The molecule has 0 radical (unpaired) electrons. The molecule has 0 aliphatic heterocycles. The molecule has 1 aliphatic carbocycles. The van der Waals surface area contributed by atoms with Gasteiger partial charge in [0.15, 0.2) is 0 Å². The highest BCUT2D eigenvalue weighted by Gasteiger charge is 2.19. The van der Waals surface area contributed by atoms with Crippen molar-refractivity contribution >= 4 is 0 Å². The Bertz CT molecular complexity index is 553. The van der Waals surface area contributed by atoms with Crippen molar-refractivity contribution < 1.29 is 5.11 Å². The van der Waals surface area contributed by atoms with Crippen LogP contribution in [0.15, 0.2) is 15.8 Å². The second kappa shape index (κ2) is 5.71. The Morgan fingerprint density at radius 3 is 2.53 bits per heavy atom. The minimum absolute atomic E-state index is 0.177. The van der Waals surface area contributed by atoms with Crippen molar-refractivity contribution in [1.82, 2.24) is 14.5 Å². The molecule has 106 valence electrons. The number of nitrogens with one attached hydrogen (secondary N) is 1. The Labute approximate surface area is 111 Å². The predicted molar refractivity (Wildman–Crippen MR) is 72.0 cm³/mol. The fraction of sp³-hybridized carbons (Fsp3) is 0.692. The molecule has 0 spiro atoms. The van der Waals surface area contributed by atoms with Crippen molar-refractivity contribution in [2.24, 2.45) is 14.1 Å². The van der Waals surface area contributed by atoms with E-state index < -0.39 is 0 Å². The van der Waals surface area contributed by atoms with Gasteiger partial charge in [0.05, 0.1) is 6.10 Å². The second-order valence-electron chi connectivity index (χ2n) is 5.30. The van der Waals surface area contributed by atoms with Gasteiger partial charge in [0.25, 0.3) is 5.56 Å². The highest BCUT2D eigenvalue weighted by molar-refractivity contribution is 5.05. The third-order valence-corrected chi connectivity index (χ3v) is 3.80. The minimum Gasteiger partial charge on any atom is -0.393 e. The van der Waals surface area contributed by atoms with Gasteiger partial charge in [0.2, 0.25) is 0 Å². The van der Waals surface area contributed by atoms with E-state index >= 15 is 0 Å². The molecule has 0 amide bonds. The van der Waals surface area contributed by atoms with Crippen LogP contribution in [0.5, 0.6) is 0 Å². The first-order valence-electron chi connectivity index (χ1n) is 6.66. The molecule has 1 aromatic heterocycles. The average Bonchev–Trinajstić information content (AvgIpc) is 2.41. The average molecular weight is 267 g/mol. The molecule has 19 heavy (non-hydrogen) atoms. The van der Waals surface area contributed by atoms with Gasteiger partial charge in [-0.2, -0.15) is 0 Å². The number of aliphatic hydroxyl groups excluding tert-OH is 1. The zero-order valence-corrected chi connectivity index (χ0v) is 11.4. The lowest BCUT2D eigenvalue weighted by Gasteiger charge is -2.26. The van der Waals surface area contributed by atoms with E-state index in [9.17, 15) is 14.7 Å². The van der Waals surface area contributed by atoms with Crippen LogP contribution < -0.4 is 16.6 Å². The molecule has 1 aliphatic rings. The van der Waals surface area contributed by atoms with Crippen molar-refractivity contribution in [2.75, 3.05) is 0 Å². The molecule has 2 rings (SSSR count). The number of hydrogen-bond donors (Lipinski definition) is 2. The van der Waals surface area contributed by atoms with Crippen LogP contribution in [0.25, 0.3) is 0 Å². The SMILES string of the molecule is Cn1cc(CNC2CCC(O)CC2)c(=O)n(C)c1=O. The first-order valence-corrected chi connectivity index (χ1v) is 6.66. The fourth-order valence-electron chi connectivity index (χ4n) is 2.54. The monoisotopic (exact) mass is 267 g/mol. The summed E-state index contributed by atoms with van der Waals surface area (Å²) in [5.74, 6) is 0. The van der Waals surface area contributed by atoms with Gasteiger partial charge in [-0.25, -0.2) is 4.79 Å². The molecule has 2 N–H and O–H groups in total. The third kappa shape index (κ3) is 3.13. The van der Waals surface area contributed by atoms with Gasteiger partial charge in [-0.1, -0.05) is 0 Å². The molecule has 0 unspecified atom stereocenters. The van der Waals surface area contributed by atoms with E-state index in [1.165, 1.54) is 11.6 Å². The van der Waals surface area contributed by atoms with Crippen LogP contribution in [0.1, 0.15) is 31.2 Å². The second-order valence-corrected chi connectivity index (χ2v) is 5.30. The van der Waals surface area contributed by atoms with Crippen molar-refractivity contribution in [3.8, 4) is 0 Å². The Balaban J connectivity index is 2.04. The zero-order valence-electron chi connectivity index (χ0n) is 11.4. The van der Waals surface area contributed by atoms with E-state index in [1.807, 2.05) is 0 Å². The summed E-state index contributed by atoms with van der Waals surface area (Å²) >= 11 is 0. The molecular weight excluding hydrogens is 246 g/mol. The molecule has 1 aromatic rings. The Hall–Kier alpha value is -1.40. The van der Waals surface area contributed by atoms with Gasteiger partial charge in [0.1, 0.15) is 0 Å². The third-order valence-electron chi connectivity index (χ3n) is 3.80. The molecule has 1 saturated carbocycles. The van der Waals surface area contributed by atoms with Gasteiger partial charge in [-0.3, -0.25) is 9.36 Å². The standard InChI is InChI=1S/C13H21N3O3/c1-15-8-9(12(18)16(2)13(15)19)7-14-10-3-5-11(17)6-4-10/h8,10-11,14,17H,3-7H2,1-2H3. The summed E-state index contributed by atoms with van der Waals surface area (Å²) in [6.07, 6.45) is 4.88. The summed E-state index contributed by atoms with van der Waals surface area (Å²) in [5.41, 5.74) is 0.0386. The maximum absolute atomic E-state index is 11.9. The number of nitrogens with zero attached hydrogens (tertiary/aromatic N) is 2. The molecular formula is C13H21N3O3. The van der Waals surface area contributed by atoms with Crippen LogP contribution in [0.2, 0.25) is 0 Å². The number of aryl methyl sites for hydroxylation is 1. The molecule has 1 heterocycles. The lowest BCUT2D eigenvalue weighted by atomic mass is 9.93. The summed E-state index contributed by atoms with van der Waals surface area (Å²) in [7, 11) is 3.13. The smallest absolute Gasteiger partial charge is 0.330 e. The van der Waals surface area contributed by atoms with Crippen molar-refractivity contribution in [1.29, 1.82) is 0 Å². The van der Waals surface area contributed by atoms with E-state index in [0.717, 1.165) is 30.3 Å². The molecule has 0 aromatic carbocycles. The molecule has 0 bridgehead atoms. The number of aromatic nitrogens is 2. The number of rotatable bonds is 3. The highest BCUT2D eigenvalue weighted by atomic mass is 16.3. The van der Waals surface area contributed by atoms with Gasteiger partial charge >= 0.3 is 5.69 Å². The van der Waals surface area contributed by atoms with Crippen LogP contribution in [-0.4, -0.2) is 26.4 Å². The summed E-state index contributed by atoms with van der Waals surface area (Å²) in [6.45, 7) is 0.460. The fourth-order valence-corrected chi connectivity index (χ4v) is 2.54. The zero-order chi connectivity index (χ0) is 14.0. The van der Waals surface area contributed by atoms with E-state index in [4.69, 9.17) is 0 Å². The van der Waals surface area contributed by atoms with Gasteiger partial charge in [0, 0.05) is 38.4 Å². The lowest BCUT2D eigenvalue weighted by Crippen LogP contribution is -2.41. The lowest BCUT2D eigenvalue weighted by molar-refractivity contribution is 0.116. The summed E-state index contributed by atoms with van der Waals surface area (Å²) in [6, 6.07) is 0.338. The maximum atomic E-state index is 11.9. The normalized spacial score (nSPS) is 23.5. The summed E-state index contributed by atoms with van der Waals surface area (Å²) in [5, 5.41) is 12.8. The topological polar surface area (TPSA) is 76.3 Å². The Morgan fingerprint density at radius 1 is 1.26 bits per heavy atom. The van der Waals surface area contributed by atoms with Crippen molar-refractivity contribution in [3.63, 3.8) is 0 Å². The van der Waals surface area contributed by atoms with Crippen molar-refractivity contribution in [2.45, 2.75) is 44.4 Å². The summed E-state index contributed by atoms with van der Waals surface area (Å²) < 4.78 is 2.55. The van der Waals surface area contributed by atoms with E-state index in [0.29, 0.717) is 18.2 Å². The van der Waals surface area contributed by atoms with Crippen LogP contribution in [-0.2, 0) is 20.6 Å². The largest absolute Gasteiger partial charge is 0.393 e. The minimum atomic E-state index is -0.311. The first kappa shape index (κ1) is 14.0.